The number of hydrogen-bond donors (Lipinski definition) is 4. The van der Waals surface area contributed by atoms with E-state index in [1.165, 1.54) is 0 Å². The number of aldehydes is 1. The van der Waals surface area contributed by atoms with Crippen LogP contribution in [0.2, 0.25) is 0 Å². The quantitative estimate of drug-likeness (QED) is 0.00707. The van der Waals surface area contributed by atoms with E-state index in [9.17, 15) is 47.9 Å². The van der Waals surface area contributed by atoms with Crippen LogP contribution in [0.1, 0.15) is 25.7 Å². The van der Waals surface area contributed by atoms with Gasteiger partial charge in [0.1, 0.15) is 32.7 Å². The SMILES string of the molecule is C=CC(=C)C(=O)OCOCOC(=O)/C=C(/CC(=O)OCOC(=O)/C(OCCOCCCO)=C(/CC=O)C(=O)OCCOCCO)C(=O)OCOCOC(=O)/C=C(/CC(=O)OCCOCCO)C(=O)OCCOCCO. The van der Waals surface area contributed by atoms with Crippen LogP contribution in [0.3, 0.4) is 0 Å². The molecule has 0 saturated carbocycles. The van der Waals surface area contributed by atoms with Gasteiger partial charge in [-0.2, -0.15) is 0 Å². The third kappa shape index (κ3) is 35.7. The van der Waals surface area contributed by atoms with Crippen molar-refractivity contribution < 1.29 is 144 Å². The van der Waals surface area contributed by atoms with Gasteiger partial charge in [-0.3, -0.25) is 9.59 Å². The third-order valence-electron chi connectivity index (χ3n) is 7.85. The second-order valence-corrected chi connectivity index (χ2v) is 13.4. The molecule has 0 amide bonds. The number of aliphatic hydroxyl groups excluding tert-OH is 4. The molecular weight excluding hydrogens is 1020 g/mol. The summed E-state index contributed by atoms with van der Waals surface area (Å²) in [6.45, 7) is -1.19. The lowest BCUT2D eigenvalue weighted by atomic mass is 10.1. The number of carbonyl (C=O) groups is 10. The molecule has 30 nitrogen and oxygen atoms in total. The molecule has 0 saturated heterocycles. The van der Waals surface area contributed by atoms with Gasteiger partial charge in [-0.1, -0.05) is 19.2 Å². The standard InChI is InChI=1S/C45H62O30/c1-3-32(2)41(55)73-29-64-27-70-38(53)25-34(26-39(54)72-31-75-45(59)40(67-20-16-60-11-4-6-46)35(5-7-47)44(58)69-22-18-63-14-10-50)43(57)74-30-65-28-71-37(52)24-33(42(56)68-21-17-62-13-9-49)23-36(51)66-19-15-61-12-8-48/h3,7,24-25,46,48-50H,1-2,4-6,8-23,26-31H2/b33-24-,34-25-,40-35+. The van der Waals surface area contributed by atoms with Crippen LogP contribution in [0.4, 0.5) is 0 Å². The van der Waals surface area contributed by atoms with Crippen molar-refractivity contribution in [2.45, 2.75) is 25.7 Å². The van der Waals surface area contributed by atoms with Crippen LogP contribution in [0, 0.1) is 0 Å². The number of hydrogen-bond acceptors (Lipinski definition) is 30. The minimum absolute atomic E-state index is 0.0269. The number of carbonyl (C=O) groups excluding carboxylic acids is 10. The van der Waals surface area contributed by atoms with Gasteiger partial charge in [0, 0.05) is 31.8 Å². The molecule has 0 radical (unpaired) electrons. The molecule has 0 unspecified atom stereocenters. The van der Waals surface area contributed by atoms with Gasteiger partial charge in [-0.25, -0.2) is 33.6 Å². The summed E-state index contributed by atoms with van der Waals surface area (Å²) < 4.78 is 79.3. The van der Waals surface area contributed by atoms with E-state index in [4.69, 9.17) is 96.2 Å². The molecule has 0 heterocycles. The van der Waals surface area contributed by atoms with E-state index in [-0.39, 0.29) is 117 Å². The van der Waals surface area contributed by atoms with Crippen LogP contribution >= 0.6 is 0 Å². The van der Waals surface area contributed by atoms with Crippen LogP contribution in [-0.2, 0) is 124 Å². The maximum absolute atomic E-state index is 13.2. The second kappa shape index (κ2) is 45.6. The molecule has 0 rings (SSSR count). The molecular formula is C45H62O30. The van der Waals surface area contributed by atoms with Crippen molar-refractivity contribution in [3.63, 3.8) is 0 Å². The fraction of sp³-hybridized carbons (Fsp3) is 0.556. The Bertz CT molecular complexity index is 1900. The van der Waals surface area contributed by atoms with Crippen molar-refractivity contribution in [3.8, 4) is 0 Å². The molecule has 0 atom stereocenters. The summed E-state index contributed by atoms with van der Waals surface area (Å²) in [6.07, 6.45) is 0.0280. The zero-order valence-corrected chi connectivity index (χ0v) is 40.8. The largest absolute Gasteiger partial charge is 0.484 e. The monoisotopic (exact) mass is 1080 g/mol. The Kier molecular flexibility index (Phi) is 41.3. The van der Waals surface area contributed by atoms with Crippen molar-refractivity contribution >= 4 is 60.0 Å². The fourth-order valence-electron chi connectivity index (χ4n) is 4.46. The zero-order chi connectivity index (χ0) is 55.9. The van der Waals surface area contributed by atoms with Crippen LogP contribution in [0.15, 0.2) is 59.4 Å². The first-order valence-electron chi connectivity index (χ1n) is 22.1. The molecule has 422 valence electrons. The highest BCUT2D eigenvalue weighted by Crippen LogP contribution is 2.16. The first-order valence-corrected chi connectivity index (χ1v) is 22.1. The average Bonchev–Trinajstić information content (AvgIpc) is 3.38. The van der Waals surface area contributed by atoms with E-state index in [0.717, 1.165) is 6.08 Å². The van der Waals surface area contributed by atoms with E-state index in [0.29, 0.717) is 12.2 Å². The Morgan fingerprint density at radius 2 is 0.827 bits per heavy atom. The summed E-state index contributed by atoms with van der Waals surface area (Å²) in [6, 6.07) is 0. The van der Waals surface area contributed by atoms with Crippen molar-refractivity contribution in [1.82, 2.24) is 0 Å². The number of aliphatic hydroxyl groups is 4. The van der Waals surface area contributed by atoms with E-state index < -0.39 is 136 Å². The van der Waals surface area contributed by atoms with Crippen molar-refractivity contribution in [2.75, 3.05) is 140 Å². The zero-order valence-electron chi connectivity index (χ0n) is 40.8. The predicted molar refractivity (Wildman–Crippen MR) is 241 cm³/mol. The third-order valence-corrected chi connectivity index (χ3v) is 7.85. The van der Waals surface area contributed by atoms with Gasteiger partial charge < -0.3 is 101 Å². The smallest absolute Gasteiger partial charge is 0.377 e. The maximum atomic E-state index is 13.2. The van der Waals surface area contributed by atoms with E-state index in [1.54, 1.807) is 0 Å². The highest BCUT2D eigenvalue weighted by atomic mass is 16.8. The van der Waals surface area contributed by atoms with Crippen LogP contribution < -0.4 is 0 Å². The molecule has 0 aromatic carbocycles. The molecule has 0 aliphatic heterocycles. The van der Waals surface area contributed by atoms with Crippen molar-refractivity contribution in [2.24, 2.45) is 0 Å². The number of esters is 9. The minimum Gasteiger partial charge on any atom is -0.484 e. The lowest BCUT2D eigenvalue weighted by molar-refractivity contribution is -0.174. The molecule has 4 N–H and O–H groups in total. The van der Waals surface area contributed by atoms with E-state index in [1.807, 2.05) is 0 Å². The summed E-state index contributed by atoms with van der Waals surface area (Å²) in [5, 5.41) is 35.4. The van der Waals surface area contributed by atoms with Crippen LogP contribution in [-0.4, -0.2) is 220 Å². The molecule has 0 aromatic rings. The Labute approximate surface area is 428 Å². The number of ether oxygens (including phenoxy) is 16. The Balaban J connectivity index is 6.01. The Morgan fingerprint density at radius 3 is 1.32 bits per heavy atom. The molecule has 0 fully saturated rings. The maximum Gasteiger partial charge on any atom is 0.377 e. The number of rotatable bonds is 46. The molecule has 0 aromatic heterocycles. The first kappa shape index (κ1) is 68.0. The van der Waals surface area contributed by atoms with Crippen LogP contribution in [0.5, 0.6) is 0 Å². The van der Waals surface area contributed by atoms with Gasteiger partial charge in [0.2, 0.25) is 12.6 Å². The lowest BCUT2D eigenvalue weighted by Gasteiger charge is -2.15. The topological polar surface area (TPSA) is 399 Å². The van der Waals surface area contributed by atoms with Gasteiger partial charge in [-0.15, -0.1) is 0 Å². The normalized spacial score (nSPS) is 11.5. The summed E-state index contributed by atoms with van der Waals surface area (Å²) in [5.41, 5.74) is -2.07. The molecule has 75 heavy (non-hydrogen) atoms. The Morgan fingerprint density at radius 1 is 0.400 bits per heavy atom. The summed E-state index contributed by atoms with van der Waals surface area (Å²) >= 11 is 0. The van der Waals surface area contributed by atoms with Gasteiger partial charge in [-0.05, 0) is 6.42 Å². The minimum atomic E-state index is -1.45. The molecule has 0 spiro atoms. The highest BCUT2D eigenvalue weighted by Gasteiger charge is 2.27. The summed E-state index contributed by atoms with van der Waals surface area (Å²) in [7, 11) is 0. The molecule has 30 heteroatoms. The Hall–Kier alpha value is -7.00. The van der Waals surface area contributed by atoms with Crippen molar-refractivity contribution in [3.05, 3.63) is 59.4 Å². The van der Waals surface area contributed by atoms with Crippen molar-refractivity contribution in [1.29, 1.82) is 0 Å². The van der Waals surface area contributed by atoms with Gasteiger partial charge in [0.15, 0.2) is 27.2 Å². The molecule has 0 bridgehead atoms. The van der Waals surface area contributed by atoms with Gasteiger partial charge >= 0.3 is 53.7 Å². The second-order valence-electron chi connectivity index (χ2n) is 13.4. The van der Waals surface area contributed by atoms with Gasteiger partial charge in [0.05, 0.1) is 101 Å². The predicted octanol–water partition coefficient (Wildman–Crippen LogP) is -2.64. The molecule has 0 aliphatic rings. The fourth-order valence-corrected chi connectivity index (χ4v) is 4.46. The van der Waals surface area contributed by atoms with E-state index >= 15 is 0 Å². The van der Waals surface area contributed by atoms with E-state index in [2.05, 4.69) is 13.2 Å². The lowest BCUT2D eigenvalue weighted by Crippen LogP contribution is -2.23. The first-order chi connectivity index (χ1) is 36.2. The highest BCUT2D eigenvalue weighted by molar-refractivity contribution is 6.02. The van der Waals surface area contributed by atoms with Gasteiger partial charge in [0.25, 0.3) is 0 Å². The summed E-state index contributed by atoms with van der Waals surface area (Å²) in [5.74, 6) is -12.0. The van der Waals surface area contributed by atoms with Crippen LogP contribution in [0.25, 0.3) is 0 Å². The summed E-state index contributed by atoms with van der Waals surface area (Å²) in [4.78, 5) is 125. The molecule has 0 aliphatic carbocycles. The average molecular weight is 1080 g/mol.